The third-order valence-corrected chi connectivity index (χ3v) is 5.30. The molecular weight excluding hydrogens is 389 g/mol. The van der Waals surface area contributed by atoms with Crippen molar-refractivity contribution in [1.29, 1.82) is 0 Å². The summed E-state index contributed by atoms with van der Waals surface area (Å²) in [6.45, 7) is 0.435. The SMILES string of the molecule is COc1ccc(CN(C(=O)C[C@H]2NC(=O)N(c3ccc(F)cc3)C2=O)C2CC2)cc1. The summed E-state index contributed by atoms with van der Waals surface area (Å²) in [6, 6.07) is 11.2. The molecule has 8 heteroatoms. The number of carbonyl (C=O) groups excluding carboxylic acids is 3. The van der Waals surface area contributed by atoms with Gasteiger partial charge in [0.2, 0.25) is 5.91 Å². The van der Waals surface area contributed by atoms with E-state index in [0.717, 1.165) is 29.1 Å². The molecule has 0 unspecified atom stereocenters. The Hall–Kier alpha value is -3.42. The molecule has 1 aliphatic heterocycles. The number of hydrogen-bond acceptors (Lipinski definition) is 4. The zero-order valence-electron chi connectivity index (χ0n) is 16.5. The first-order valence-electron chi connectivity index (χ1n) is 9.78. The summed E-state index contributed by atoms with van der Waals surface area (Å²) in [4.78, 5) is 40.7. The van der Waals surface area contributed by atoms with Crippen LogP contribution < -0.4 is 15.0 Å². The van der Waals surface area contributed by atoms with Crippen LogP contribution in [-0.4, -0.2) is 41.9 Å². The summed E-state index contributed by atoms with van der Waals surface area (Å²) in [6.07, 6.45) is 1.73. The van der Waals surface area contributed by atoms with Gasteiger partial charge in [-0.3, -0.25) is 9.59 Å². The molecule has 0 radical (unpaired) electrons. The number of carbonyl (C=O) groups is 3. The van der Waals surface area contributed by atoms with E-state index >= 15 is 0 Å². The highest BCUT2D eigenvalue weighted by Gasteiger charge is 2.42. The second-order valence-electron chi connectivity index (χ2n) is 7.46. The molecule has 0 aromatic heterocycles. The molecule has 4 amide bonds. The topological polar surface area (TPSA) is 79.0 Å². The van der Waals surface area contributed by atoms with Crippen LogP contribution in [-0.2, 0) is 16.1 Å². The van der Waals surface area contributed by atoms with Crippen LogP contribution >= 0.6 is 0 Å². The molecule has 30 heavy (non-hydrogen) atoms. The first kappa shape index (κ1) is 19.9. The number of halogens is 1. The molecular formula is C22H22FN3O4. The lowest BCUT2D eigenvalue weighted by molar-refractivity contribution is -0.134. The van der Waals surface area contributed by atoms with Crippen molar-refractivity contribution in [2.24, 2.45) is 0 Å². The third kappa shape index (κ3) is 4.12. The van der Waals surface area contributed by atoms with Crippen molar-refractivity contribution in [3.63, 3.8) is 0 Å². The Morgan fingerprint density at radius 2 is 1.80 bits per heavy atom. The Balaban J connectivity index is 1.44. The Bertz CT molecular complexity index is 957. The number of amides is 4. The van der Waals surface area contributed by atoms with Gasteiger partial charge in [-0.05, 0) is 54.8 Å². The van der Waals surface area contributed by atoms with Crippen LogP contribution in [0.15, 0.2) is 48.5 Å². The van der Waals surface area contributed by atoms with Gasteiger partial charge in [0.05, 0.1) is 19.2 Å². The number of methoxy groups -OCH3 is 1. The number of anilines is 1. The molecule has 2 aromatic rings. The zero-order valence-corrected chi connectivity index (χ0v) is 16.5. The second kappa shape index (κ2) is 8.14. The molecule has 1 heterocycles. The van der Waals surface area contributed by atoms with Crippen LogP contribution in [0.3, 0.4) is 0 Å². The van der Waals surface area contributed by atoms with E-state index in [1.165, 1.54) is 24.3 Å². The maximum atomic E-state index is 13.1. The van der Waals surface area contributed by atoms with E-state index in [1.54, 1.807) is 12.0 Å². The minimum atomic E-state index is -0.938. The molecule has 2 aliphatic rings. The standard InChI is InChI=1S/C22H22FN3O4/c1-30-18-10-2-14(3-11-18)13-25(16-8-9-16)20(27)12-19-21(28)26(22(29)24-19)17-6-4-15(23)5-7-17/h2-7,10-11,16,19H,8-9,12-13H2,1H3,(H,24,29)/t19-/m1/s1. The van der Waals surface area contributed by atoms with Gasteiger partial charge >= 0.3 is 6.03 Å². The molecule has 1 saturated heterocycles. The van der Waals surface area contributed by atoms with Crippen molar-refractivity contribution < 1.29 is 23.5 Å². The number of hydrogen-bond donors (Lipinski definition) is 1. The van der Waals surface area contributed by atoms with Gasteiger partial charge in [0.15, 0.2) is 0 Å². The summed E-state index contributed by atoms with van der Waals surface area (Å²) < 4.78 is 18.3. The molecule has 156 valence electrons. The van der Waals surface area contributed by atoms with Gasteiger partial charge in [-0.15, -0.1) is 0 Å². The quantitative estimate of drug-likeness (QED) is 0.711. The van der Waals surface area contributed by atoms with Crippen molar-refractivity contribution in [2.45, 2.75) is 37.9 Å². The first-order chi connectivity index (χ1) is 14.5. The van der Waals surface area contributed by atoms with E-state index in [2.05, 4.69) is 5.32 Å². The zero-order chi connectivity index (χ0) is 21.3. The fourth-order valence-electron chi connectivity index (χ4n) is 3.53. The maximum Gasteiger partial charge on any atom is 0.329 e. The predicted octanol–water partition coefficient (Wildman–Crippen LogP) is 2.84. The number of ether oxygens (including phenoxy) is 1. The maximum absolute atomic E-state index is 13.1. The van der Waals surface area contributed by atoms with E-state index in [1.807, 2.05) is 24.3 Å². The molecule has 4 rings (SSSR count). The number of urea groups is 1. The van der Waals surface area contributed by atoms with Crippen LogP contribution in [0.2, 0.25) is 0 Å². The van der Waals surface area contributed by atoms with E-state index in [-0.39, 0.29) is 24.1 Å². The van der Waals surface area contributed by atoms with Gasteiger partial charge in [-0.25, -0.2) is 14.1 Å². The monoisotopic (exact) mass is 411 g/mol. The van der Waals surface area contributed by atoms with E-state index in [4.69, 9.17) is 4.74 Å². The normalized spacial score (nSPS) is 18.3. The molecule has 0 spiro atoms. The Morgan fingerprint density at radius 3 is 2.40 bits per heavy atom. The summed E-state index contributed by atoms with van der Waals surface area (Å²) in [5.41, 5.74) is 1.23. The Kier molecular flexibility index (Phi) is 5.39. The van der Waals surface area contributed by atoms with Gasteiger partial charge in [0.25, 0.3) is 5.91 Å². The highest BCUT2D eigenvalue weighted by atomic mass is 19.1. The minimum absolute atomic E-state index is 0.116. The van der Waals surface area contributed by atoms with Gasteiger partial charge in [-0.2, -0.15) is 0 Å². The lowest BCUT2D eigenvalue weighted by atomic mass is 10.1. The highest BCUT2D eigenvalue weighted by Crippen LogP contribution is 2.30. The second-order valence-corrected chi connectivity index (χ2v) is 7.46. The minimum Gasteiger partial charge on any atom is -0.497 e. The molecule has 1 saturated carbocycles. The summed E-state index contributed by atoms with van der Waals surface area (Å²) in [5.74, 6) is -0.424. The summed E-state index contributed by atoms with van der Waals surface area (Å²) >= 11 is 0. The van der Waals surface area contributed by atoms with Crippen LogP contribution in [0.25, 0.3) is 0 Å². The van der Waals surface area contributed by atoms with Crippen molar-refractivity contribution in [3.05, 3.63) is 59.9 Å². The lowest BCUT2D eigenvalue weighted by Gasteiger charge is -2.24. The fourth-order valence-corrected chi connectivity index (χ4v) is 3.53. The molecule has 2 fully saturated rings. The smallest absolute Gasteiger partial charge is 0.329 e. The molecule has 0 bridgehead atoms. The number of imide groups is 1. The number of nitrogens with one attached hydrogen (secondary N) is 1. The number of nitrogens with zero attached hydrogens (tertiary/aromatic N) is 2. The van der Waals surface area contributed by atoms with E-state index < -0.39 is 23.8 Å². The Morgan fingerprint density at radius 1 is 1.13 bits per heavy atom. The summed E-state index contributed by atoms with van der Waals surface area (Å²) in [5, 5.41) is 2.57. The van der Waals surface area contributed by atoms with Crippen molar-refractivity contribution >= 4 is 23.5 Å². The van der Waals surface area contributed by atoms with Crippen LogP contribution in [0.4, 0.5) is 14.9 Å². The van der Waals surface area contributed by atoms with Gasteiger partial charge < -0.3 is 15.0 Å². The Labute approximate surface area is 173 Å². The van der Waals surface area contributed by atoms with Crippen molar-refractivity contribution in [3.8, 4) is 5.75 Å². The van der Waals surface area contributed by atoms with Gasteiger partial charge in [-0.1, -0.05) is 12.1 Å². The fraction of sp³-hybridized carbons (Fsp3) is 0.318. The average molecular weight is 411 g/mol. The first-order valence-corrected chi connectivity index (χ1v) is 9.78. The van der Waals surface area contributed by atoms with E-state index in [9.17, 15) is 18.8 Å². The van der Waals surface area contributed by atoms with Crippen LogP contribution in [0.5, 0.6) is 5.75 Å². The molecule has 1 aliphatic carbocycles. The van der Waals surface area contributed by atoms with Crippen molar-refractivity contribution in [1.82, 2.24) is 10.2 Å². The molecule has 1 N–H and O–H groups in total. The van der Waals surface area contributed by atoms with Crippen LogP contribution in [0.1, 0.15) is 24.8 Å². The molecule has 2 aromatic carbocycles. The number of benzene rings is 2. The van der Waals surface area contributed by atoms with E-state index in [0.29, 0.717) is 6.54 Å². The summed E-state index contributed by atoms with van der Waals surface area (Å²) in [7, 11) is 1.59. The molecule has 1 atom stereocenters. The van der Waals surface area contributed by atoms with Gasteiger partial charge in [0, 0.05) is 12.6 Å². The predicted molar refractivity (Wildman–Crippen MR) is 107 cm³/mol. The van der Waals surface area contributed by atoms with Gasteiger partial charge in [0.1, 0.15) is 17.6 Å². The largest absolute Gasteiger partial charge is 0.497 e. The van der Waals surface area contributed by atoms with Crippen molar-refractivity contribution in [2.75, 3.05) is 12.0 Å². The van der Waals surface area contributed by atoms with Crippen LogP contribution in [0, 0.1) is 5.82 Å². The number of rotatable bonds is 7. The lowest BCUT2D eigenvalue weighted by Crippen LogP contribution is -2.39. The average Bonchev–Trinajstić information content (AvgIpc) is 3.54. The third-order valence-electron chi connectivity index (χ3n) is 5.30. The molecule has 7 nitrogen and oxygen atoms in total. The highest BCUT2D eigenvalue weighted by molar-refractivity contribution is 6.22.